The molecule has 0 amide bonds. The Morgan fingerprint density at radius 2 is 1.68 bits per heavy atom. The van der Waals surface area contributed by atoms with Crippen LogP contribution in [0.15, 0.2) is 66.7 Å². The summed E-state index contributed by atoms with van der Waals surface area (Å²) in [5.41, 5.74) is 2.01. The molecule has 0 radical (unpaired) electrons. The van der Waals surface area contributed by atoms with Gasteiger partial charge in [-0.3, -0.25) is 0 Å². The van der Waals surface area contributed by atoms with E-state index in [2.05, 4.69) is 0 Å². The zero-order valence-corrected chi connectivity index (χ0v) is 12.5. The Labute approximate surface area is 132 Å². The van der Waals surface area contributed by atoms with Crippen molar-refractivity contribution in [1.29, 1.82) is 0 Å². The second kappa shape index (κ2) is 6.45. The number of carboxylic acids is 1. The molecule has 0 spiro atoms. The van der Waals surface area contributed by atoms with Gasteiger partial charge in [-0.2, -0.15) is 0 Å². The van der Waals surface area contributed by atoms with Crippen LogP contribution in [0.4, 0.5) is 0 Å². The number of carbonyl (C=O) groups is 1. The molecule has 1 aromatic heterocycles. The Kier molecular flexibility index (Phi) is 4.21. The first-order chi connectivity index (χ1) is 10.7. The predicted molar refractivity (Wildman–Crippen MR) is 87.5 cm³/mol. The molecule has 3 nitrogen and oxygen atoms in total. The van der Waals surface area contributed by atoms with Gasteiger partial charge in [-0.25, -0.2) is 4.79 Å². The molecule has 0 saturated carbocycles. The molecule has 0 bridgehead atoms. The van der Waals surface area contributed by atoms with E-state index < -0.39 is 5.97 Å². The first kappa shape index (κ1) is 14.4. The molecule has 0 fully saturated rings. The van der Waals surface area contributed by atoms with Crippen molar-refractivity contribution in [3.63, 3.8) is 0 Å². The quantitative estimate of drug-likeness (QED) is 0.743. The van der Waals surface area contributed by atoms with E-state index in [1.165, 1.54) is 11.3 Å². The van der Waals surface area contributed by atoms with Gasteiger partial charge in [0.15, 0.2) is 0 Å². The van der Waals surface area contributed by atoms with E-state index in [-0.39, 0.29) is 0 Å². The normalized spacial score (nSPS) is 10.4. The van der Waals surface area contributed by atoms with Crippen molar-refractivity contribution >= 4 is 17.3 Å². The average molecular weight is 310 g/mol. The average Bonchev–Trinajstić information content (AvgIpc) is 3.04. The van der Waals surface area contributed by atoms with Gasteiger partial charge in [0.2, 0.25) is 0 Å². The number of carboxylic acid groups (broad SMARTS) is 1. The molecular weight excluding hydrogens is 296 g/mol. The molecule has 0 saturated heterocycles. The number of rotatable bonds is 5. The van der Waals surface area contributed by atoms with Gasteiger partial charge in [0, 0.05) is 10.4 Å². The van der Waals surface area contributed by atoms with Crippen LogP contribution in [-0.4, -0.2) is 11.1 Å². The summed E-state index contributed by atoms with van der Waals surface area (Å²) in [6, 6.07) is 21.1. The number of ether oxygens (including phenoxy) is 1. The van der Waals surface area contributed by atoms with E-state index >= 15 is 0 Å². The van der Waals surface area contributed by atoms with E-state index in [1.54, 1.807) is 6.07 Å². The Hall–Kier alpha value is -2.59. The maximum atomic E-state index is 11.0. The van der Waals surface area contributed by atoms with Gasteiger partial charge in [-0.15, -0.1) is 11.3 Å². The molecule has 0 atom stereocenters. The van der Waals surface area contributed by atoms with Crippen LogP contribution in [0.25, 0.3) is 10.4 Å². The Morgan fingerprint density at radius 3 is 2.41 bits per heavy atom. The molecule has 0 unspecified atom stereocenters. The lowest BCUT2D eigenvalue weighted by Crippen LogP contribution is -1.96. The van der Waals surface area contributed by atoms with Crippen molar-refractivity contribution < 1.29 is 14.6 Å². The van der Waals surface area contributed by atoms with Crippen LogP contribution in [0.5, 0.6) is 5.75 Å². The van der Waals surface area contributed by atoms with E-state index in [1.807, 2.05) is 60.7 Å². The summed E-state index contributed by atoms with van der Waals surface area (Å²) in [4.78, 5) is 12.2. The summed E-state index contributed by atoms with van der Waals surface area (Å²) in [6.45, 7) is 0.481. The summed E-state index contributed by atoms with van der Waals surface area (Å²) in [7, 11) is 0. The molecule has 22 heavy (non-hydrogen) atoms. The minimum absolute atomic E-state index is 0.327. The summed E-state index contributed by atoms with van der Waals surface area (Å²) >= 11 is 1.25. The standard InChI is InChI=1S/C18H14O3S/c19-18(20)17-11-10-16(22-17)14-8-4-5-9-15(14)21-12-13-6-2-1-3-7-13/h1-11H,12H2,(H,19,20). The molecule has 1 N–H and O–H groups in total. The fourth-order valence-corrected chi connectivity index (χ4v) is 3.00. The molecule has 1 heterocycles. The molecule has 4 heteroatoms. The van der Waals surface area contributed by atoms with E-state index in [9.17, 15) is 4.79 Å². The molecule has 110 valence electrons. The largest absolute Gasteiger partial charge is 0.488 e. The van der Waals surface area contributed by atoms with Gasteiger partial charge in [0.05, 0.1) is 0 Å². The molecule has 3 rings (SSSR count). The van der Waals surface area contributed by atoms with Crippen molar-refractivity contribution in [1.82, 2.24) is 0 Å². The van der Waals surface area contributed by atoms with Crippen LogP contribution in [0.2, 0.25) is 0 Å². The van der Waals surface area contributed by atoms with E-state index in [0.29, 0.717) is 11.5 Å². The second-order valence-corrected chi connectivity index (χ2v) is 5.82. The van der Waals surface area contributed by atoms with Crippen LogP contribution >= 0.6 is 11.3 Å². The Bertz CT molecular complexity index is 778. The van der Waals surface area contributed by atoms with E-state index in [0.717, 1.165) is 21.8 Å². The highest BCUT2D eigenvalue weighted by Crippen LogP contribution is 2.35. The van der Waals surface area contributed by atoms with E-state index in [4.69, 9.17) is 9.84 Å². The third kappa shape index (κ3) is 3.18. The maximum Gasteiger partial charge on any atom is 0.345 e. The van der Waals surface area contributed by atoms with Crippen molar-refractivity contribution in [2.75, 3.05) is 0 Å². The number of hydrogen-bond acceptors (Lipinski definition) is 3. The monoisotopic (exact) mass is 310 g/mol. The van der Waals surface area contributed by atoms with Gasteiger partial charge in [-0.05, 0) is 29.8 Å². The summed E-state index contributed by atoms with van der Waals surface area (Å²) < 4.78 is 5.91. The summed E-state index contributed by atoms with van der Waals surface area (Å²) in [5, 5.41) is 9.05. The first-order valence-corrected chi connectivity index (χ1v) is 7.65. The van der Waals surface area contributed by atoms with Crippen molar-refractivity contribution in [2.45, 2.75) is 6.61 Å². The fourth-order valence-electron chi connectivity index (χ4n) is 2.13. The third-order valence-corrected chi connectivity index (χ3v) is 4.31. The van der Waals surface area contributed by atoms with Crippen molar-refractivity contribution in [2.24, 2.45) is 0 Å². The molecular formula is C18H14O3S. The zero-order chi connectivity index (χ0) is 15.4. The Balaban J connectivity index is 1.84. The molecule has 2 aromatic carbocycles. The highest BCUT2D eigenvalue weighted by atomic mass is 32.1. The number of aromatic carboxylic acids is 1. The zero-order valence-electron chi connectivity index (χ0n) is 11.7. The molecule has 3 aromatic rings. The van der Waals surface area contributed by atoms with Gasteiger partial charge < -0.3 is 9.84 Å². The van der Waals surface area contributed by atoms with Crippen molar-refractivity contribution in [3.05, 3.63) is 77.2 Å². The summed E-state index contributed by atoms with van der Waals surface area (Å²) in [6.07, 6.45) is 0. The third-order valence-electron chi connectivity index (χ3n) is 3.21. The highest BCUT2D eigenvalue weighted by molar-refractivity contribution is 7.17. The second-order valence-electron chi connectivity index (χ2n) is 4.74. The van der Waals surface area contributed by atoms with Gasteiger partial charge in [0.25, 0.3) is 0 Å². The first-order valence-electron chi connectivity index (χ1n) is 6.83. The minimum Gasteiger partial charge on any atom is -0.488 e. The minimum atomic E-state index is -0.904. The topological polar surface area (TPSA) is 46.5 Å². The predicted octanol–water partition coefficient (Wildman–Crippen LogP) is 4.69. The molecule has 0 aliphatic heterocycles. The lowest BCUT2D eigenvalue weighted by Gasteiger charge is -2.10. The number of benzene rings is 2. The van der Waals surface area contributed by atoms with Crippen LogP contribution in [0.1, 0.15) is 15.2 Å². The Morgan fingerprint density at radius 1 is 0.955 bits per heavy atom. The lowest BCUT2D eigenvalue weighted by atomic mass is 10.1. The number of thiophene rings is 1. The van der Waals surface area contributed by atoms with Gasteiger partial charge in [0.1, 0.15) is 17.2 Å². The SMILES string of the molecule is O=C(O)c1ccc(-c2ccccc2OCc2ccccc2)s1. The van der Waals surface area contributed by atoms with Crippen LogP contribution in [0.3, 0.4) is 0 Å². The lowest BCUT2D eigenvalue weighted by molar-refractivity contribution is 0.0702. The molecule has 0 aliphatic carbocycles. The van der Waals surface area contributed by atoms with Gasteiger partial charge >= 0.3 is 5.97 Å². The van der Waals surface area contributed by atoms with Crippen LogP contribution in [-0.2, 0) is 6.61 Å². The van der Waals surface area contributed by atoms with Crippen molar-refractivity contribution in [3.8, 4) is 16.2 Å². The fraction of sp³-hybridized carbons (Fsp3) is 0.0556. The van der Waals surface area contributed by atoms with Gasteiger partial charge in [-0.1, -0.05) is 42.5 Å². The number of para-hydroxylation sites is 1. The van der Waals surface area contributed by atoms with Crippen LogP contribution in [0, 0.1) is 0 Å². The number of hydrogen-bond donors (Lipinski definition) is 1. The highest BCUT2D eigenvalue weighted by Gasteiger charge is 2.12. The maximum absolute atomic E-state index is 11.0. The van der Waals surface area contributed by atoms with Crippen LogP contribution < -0.4 is 4.74 Å². The summed E-state index contributed by atoms with van der Waals surface area (Å²) in [5.74, 6) is -0.149. The molecule has 0 aliphatic rings. The smallest absolute Gasteiger partial charge is 0.345 e.